The molecule has 1 fully saturated rings. The average Bonchev–Trinajstić information content (AvgIpc) is 3.35. The molecule has 6 heteroatoms. The van der Waals surface area contributed by atoms with E-state index in [2.05, 4.69) is 0 Å². The first kappa shape index (κ1) is 21.6. The lowest BCUT2D eigenvalue weighted by atomic mass is 10.1. The fraction of sp³-hybridized carbons (Fsp3) is 0.259. The van der Waals surface area contributed by atoms with E-state index < -0.39 is 0 Å². The minimum absolute atomic E-state index is 0.0375. The number of hydrogen-bond acceptors (Lipinski definition) is 4. The Bertz CT molecular complexity index is 1190. The first-order valence-corrected chi connectivity index (χ1v) is 12.2. The Hall–Kier alpha value is -3.25. The number of nitrogens with zero attached hydrogens (tertiary/aromatic N) is 2. The third kappa shape index (κ3) is 4.35. The molecule has 0 atom stereocenters. The predicted octanol–water partition coefficient (Wildman–Crippen LogP) is 5.63. The normalized spacial score (nSPS) is 15.1. The summed E-state index contributed by atoms with van der Waals surface area (Å²) in [5, 5.41) is 0. The second-order valence-electron chi connectivity index (χ2n) is 8.25. The van der Waals surface area contributed by atoms with E-state index in [1.807, 2.05) is 78.6 Å². The molecule has 0 aliphatic carbocycles. The summed E-state index contributed by atoms with van der Waals surface area (Å²) in [6.45, 7) is 4.57. The molecule has 0 bridgehead atoms. The van der Waals surface area contributed by atoms with Crippen LogP contribution in [0.15, 0.2) is 76.5 Å². The molecule has 0 N–H and O–H groups in total. The number of carbonyl (C=O) groups excluding carboxylic acids is 2. The zero-order valence-electron chi connectivity index (χ0n) is 18.6. The van der Waals surface area contributed by atoms with Gasteiger partial charge < -0.3 is 14.5 Å². The predicted molar refractivity (Wildman–Crippen MR) is 130 cm³/mol. The molecule has 0 saturated carbocycles. The molecule has 2 heterocycles. The van der Waals surface area contributed by atoms with Crippen LogP contribution >= 0.6 is 11.8 Å². The lowest BCUT2D eigenvalue weighted by Crippen LogP contribution is -2.31. The minimum atomic E-state index is -0.0588. The number of benzene rings is 3. The van der Waals surface area contributed by atoms with Crippen molar-refractivity contribution in [2.75, 3.05) is 24.6 Å². The van der Waals surface area contributed by atoms with Gasteiger partial charge in [0.1, 0.15) is 5.75 Å². The third-order valence-electron chi connectivity index (χ3n) is 6.05. The van der Waals surface area contributed by atoms with E-state index >= 15 is 0 Å². The molecule has 2 aliphatic rings. The number of ether oxygens (including phenoxy) is 1. The van der Waals surface area contributed by atoms with E-state index in [0.717, 1.165) is 52.7 Å². The maximum atomic E-state index is 13.7. The Kier molecular flexibility index (Phi) is 6.09. The smallest absolute Gasteiger partial charge is 0.259 e. The van der Waals surface area contributed by atoms with Crippen LogP contribution in [0.2, 0.25) is 0 Å². The number of likely N-dealkylation sites (tertiary alicyclic amines) is 1. The van der Waals surface area contributed by atoms with Gasteiger partial charge >= 0.3 is 0 Å². The van der Waals surface area contributed by atoms with Gasteiger partial charge in [-0.25, -0.2) is 0 Å². The lowest BCUT2D eigenvalue weighted by molar-refractivity contribution is 0.0792. The molecule has 3 aromatic rings. The summed E-state index contributed by atoms with van der Waals surface area (Å²) >= 11 is 1.58. The molecule has 2 amide bonds. The van der Waals surface area contributed by atoms with Gasteiger partial charge in [0.15, 0.2) is 0 Å². The zero-order valence-corrected chi connectivity index (χ0v) is 19.4. The summed E-state index contributed by atoms with van der Waals surface area (Å²) in [7, 11) is 0. The van der Waals surface area contributed by atoms with Gasteiger partial charge in [0, 0.05) is 28.4 Å². The summed E-state index contributed by atoms with van der Waals surface area (Å²) in [5.74, 6) is 0.787. The van der Waals surface area contributed by atoms with Gasteiger partial charge in [-0.1, -0.05) is 36.0 Å². The molecular weight excluding hydrogens is 432 g/mol. The number of amides is 2. The molecule has 2 aliphatic heterocycles. The molecule has 5 rings (SSSR count). The Labute approximate surface area is 198 Å². The molecule has 3 aromatic carbocycles. The third-order valence-corrected chi connectivity index (χ3v) is 7.19. The summed E-state index contributed by atoms with van der Waals surface area (Å²) in [5.41, 5.74) is 3.09. The van der Waals surface area contributed by atoms with E-state index in [9.17, 15) is 9.59 Å². The molecule has 1 saturated heterocycles. The van der Waals surface area contributed by atoms with Crippen LogP contribution < -0.4 is 9.64 Å². The zero-order chi connectivity index (χ0) is 22.8. The van der Waals surface area contributed by atoms with Crippen LogP contribution in [0.1, 0.15) is 46.0 Å². The second-order valence-corrected chi connectivity index (χ2v) is 9.33. The SMILES string of the molecule is CCOc1ccc(CN2C(=O)c3ccccc3Sc3ccc(C(=O)N4CCCC4)cc32)cc1. The fourth-order valence-electron chi connectivity index (χ4n) is 4.35. The summed E-state index contributed by atoms with van der Waals surface area (Å²) in [6.07, 6.45) is 2.09. The van der Waals surface area contributed by atoms with Crippen LogP contribution in [-0.4, -0.2) is 36.4 Å². The van der Waals surface area contributed by atoms with Gasteiger partial charge in [-0.3, -0.25) is 9.59 Å². The standard InChI is InChI=1S/C27H26N2O3S/c1-2-32-21-12-9-19(10-13-21)18-29-23-17-20(26(30)28-15-5-6-16-28)11-14-25(23)33-24-8-4-3-7-22(24)27(29)31/h3-4,7-14,17H,2,5-6,15-16,18H2,1H3. The monoisotopic (exact) mass is 458 g/mol. The Balaban J connectivity index is 1.54. The van der Waals surface area contributed by atoms with E-state index in [4.69, 9.17) is 4.74 Å². The van der Waals surface area contributed by atoms with Crippen LogP contribution in [-0.2, 0) is 6.54 Å². The van der Waals surface area contributed by atoms with Gasteiger partial charge in [-0.2, -0.15) is 0 Å². The molecule has 168 valence electrons. The van der Waals surface area contributed by atoms with E-state index in [1.165, 1.54) is 0 Å². The Morgan fingerprint density at radius 3 is 2.48 bits per heavy atom. The molecule has 5 nitrogen and oxygen atoms in total. The lowest BCUT2D eigenvalue weighted by Gasteiger charge is -2.24. The van der Waals surface area contributed by atoms with Crippen molar-refractivity contribution in [3.63, 3.8) is 0 Å². The molecule has 0 unspecified atom stereocenters. The number of fused-ring (bicyclic) bond motifs is 2. The summed E-state index contributed by atoms with van der Waals surface area (Å²) in [6, 6.07) is 21.3. The van der Waals surface area contributed by atoms with Crippen molar-refractivity contribution >= 4 is 29.3 Å². The first-order chi connectivity index (χ1) is 16.1. The van der Waals surface area contributed by atoms with Crippen LogP contribution in [0, 0.1) is 0 Å². The van der Waals surface area contributed by atoms with Crippen LogP contribution in [0.25, 0.3) is 0 Å². The van der Waals surface area contributed by atoms with Gasteiger partial charge in [0.05, 0.1) is 24.4 Å². The molecular formula is C27H26N2O3S. The van der Waals surface area contributed by atoms with Crippen LogP contribution in [0.4, 0.5) is 5.69 Å². The number of rotatable bonds is 5. The number of hydrogen-bond donors (Lipinski definition) is 0. The quantitative estimate of drug-likeness (QED) is 0.497. The van der Waals surface area contributed by atoms with Gasteiger partial charge in [0.25, 0.3) is 11.8 Å². The fourth-order valence-corrected chi connectivity index (χ4v) is 5.41. The Morgan fingerprint density at radius 2 is 1.73 bits per heavy atom. The van der Waals surface area contributed by atoms with Crippen molar-refractivity contribution in [2.24, 2.45) is 0 Å². The van der Waals surface area contributed by atoms with E-state index in [1.54, 1.807) is 16.7 Å². The van der Waals surface area contributed by atoms with Gasteiger partial charge in [0.2, 0.25) is 0 Å². The first-order valence-electron chi connectivity index (χ1n) is 11.4. The molecule has 0 radical (unpaired) electrons. The highest BCUT2D eigenvalue weighted by molar-refractivity contribution is 7.99. The largest absolute Gasteiger partial charge is 0.494 e. The highest BCUT2D eigenvalue weighted by Gasteiger charge is 2.29. The van der Waals surface area contributed by atoms with Crippen LogP contribution in [0.5, 0.6) is 5.75 Å². The minimum Gasteiger partial charge on any atom is -0.494 e. The second kappa shape index (κ2) is 9.32. The summed E-state index contributed by atoms with van der Waals surface area (Å²) < 4.78 is 5.56. The van der Waals surface area contributed by atoms with Crippen molar-refractivity contribution in [3.05, 3.63) is 83.4 Å². The number of carbonyl (C=O) groups is 2. The van der Waals surface area contributed by atoms with Gasteiger partial charge in [-0.15, -0.1) is 0 Å². The van der Waals surface area contributed by atoms with Crippen molar-refractivity contribution in [3.8, 4) is 5.75 Å². The maximum Gasteiger partial charge on any atom is 0.259 e. The van der Waals surface area contributed by atoms with Crippen molar-refractivity contribution in [1.82, 2.24) is 4.90 Å². The van der Waals surface area contributed by atoms with Crippen LogP contribution in [0.3, 0.4) is 0 Å². The van der Waals surface area contributed by atoms with Crippen molar-refractivity contribution in [2.45, 2.75) is 36.1 Å². The molecule has 0 spiro atoms. The molecule has 0 aromatic heterocycles. The topological polar surface area (TPSA) is 49.9 Å². The maximum absolute atomic E-state index is 13.7. The summed E-state index contributed by atoms with van der Waals surface area (Å²) in [4.78, 5) is 32.4. The Morgan fingerprint density at radius 1 is 0.970 bits per heavy atom. The van der Waals surface area contributed by atoms with Crippen molar-refractivity contribution < 1.29 is 14.3 Å². The van der Waals surface area contributed by atoms with E-state index in [0.29, 0.717) is 24.3 Å². The highest BCUT2D eigenvalue weighted by atomic mass is 32.2. The highest BCUT2D eigenvalue weighted by Crippen LogP contribution is 2.42. The van der Waals surface area contributed by atoms with Gasteiger partial charge in [-0.05, 0) is 67.8 Å². The van der Waals surface area contributed by atoms with E-state index in [-0.39, 0.29) is 11.8 Å². The average molecular weight is 459 g/mol. The van der Waals surface area contributed by atoms with Crippen molar-refractivity contribution in [1.29, 1.82) is 0 Å². The number of anilines is 1. The molecule has 33 heavy (non-hydrogen) atoms.